The number of allylic oxidation sites excluding steroid dienone is 4. The summed E-state index contributed by atoms with van der Waals surface area (Å²) >= 11 is 0. The van der Waals surface area contributed by atoms with Gasteiger partial charge in [-0.25, -0.2) is 0 Å². The van der Waals surface area contributed by atoms with Gasteiger partial charge in [0.25, 0.3) is 0 Å². The molecule has 4 unspecified atom stereocenters. The summed E-state index contributed by atoms with van der Waals surface area (Å²) in [7, 11) is 0. The highest BCUT2D eigenvalue weighted by atomic mass is 16.5. The normalized spacial score (nSPS) is 16.4. The van der Waals surface area contributed by atoms with Gasteiger partial charge < -0.3 is 9.47 Å². The quantitative estimate of drug-likeness (QED) is 0.0346. The number of rotatable bonds is 65. The third kappa shape index (κ3) is 52.0. The van der Waals surface area contributed by atoms with Crippen LogP contribution in [0.25, 0.3) is 0 Å². The molecule has 1 aliphatic rings. The van der Waals surface area contributed by atoms with Crippen LogP contribution in [0.5, 0.6) is 0 Å². The van der Waals surface area contributed by atoms with E-state index in [9.17, 15) is 9.59 Å². The van der Waals surface area contributed by atoms with Crippen molar-refractivity contribution in [3.05, 3.63) is 24.3 Å². The summed E-state index contributed by atoms with van der Waals surface area (Å²) in [4.78, 5) is 24.9. The predicted molar refractivity (Wildman–Crippen MR) is 354 cm³/mol. The molecule has 0 spiro atoms. The number of carbonyl (C=O) groups excluding carboxylic acids is 2. The van der Waals surface area contributed by atoms with Crippen LogP contribution in [0.3, 0.4) is 0 Å². The molecule has 0 heterocycles. The van der Waals surface area contributed by atoms with Gasteiger partial charge in [0.2, 0.25) is 0 Å². The zero-order valence-corrected chi connectivity index (χ0v) is 55.1. The molecule has 0 bridgehead atoms. The average Bonchev–Trinajstić information content (AvgIpc) is 3.46. The zero-order valence-electron chi connectivity index (χ0n) is 55.1. The minimum absolute atomic E-state index is 0.0157. The van der Waals surface area contributed by atoms with Crippen LogP contribution in [0.2, 0.25) is 0 Å². The minimum Gasteiger partial charge on any atom is -0.466 e. The molecule has 4 atom stereocenters. The van der Waals surface area contributed by atoms with Crippen molar-refractivity contribution in [1.82, 2.24) is 0 Å². The van der Waals surface area contributed by atoms with Crippen LogP contribution >= 0.6 is 0 Å². The predicted octanol–water partition coefficient (Wildman–Crippen LogP) is 26.1. The molecule has 0 saturated carbocycles. The van der Waals surface area contributed by atoms with Crippen LogP contribution in [0.1, 0.15) is 413 Å². The second kappa shape index (κ2) is 63.4. The van der Waals surface area contributed by atoms with Gasteiger partial charge in [0.15, 0.2) is 0 Å². The molecule has 0 radical (unpaired) electrons. The van der Waals surface area contributed by atoms with Crippen molar-refractivity contribution in [2.75, 3.05) is 13.2 Å². The molecule has 0 amide bonds. The molecule has 1 rings (SSSR count). The maximum absolute atomic E-state index is 12.5. The van der Waals surface area contributed by atoms with E-state index < -0.39 is 0 Å². The van der Waals surface area contributed by atoms with Crippen molar-refractivity contribution in [2.24, 2.45) is 23.7 Å². The summed E-state index contributed by atoms with van der Waals surface area (Å²) in [6, 6.07) is 0. The Morgan fingerprint density at radius 2 is 0.562 bits per heavy atom. The summed E-state index contributed by atoms with van der Waals surface area (Å²) in [6.07, 6.45) is 89.1. The fourth-order valence-electron chi connectivity index (χ4n) is 13.1. The first-order chi connectivity index (χ1) is 39.6. The molecule has 0 N–H and O–H groups in total. The summed E-state index contributed by atoms with van der Waals surface area (Å²) in [5.74, 6) is 2.86. The monoisotopic (exact) mass is 1120 g/mol. The van der Waals surface area contributed by atoms with E-state index in [1.165, 1.54) is 334 Å². The lowest BCUT2D eigenvalue weighted by atomic mass is 9.66. The van der Waals surface area contributed by atoms with Crippen molar-refractivity contribution >= 4 is 11.9 Å². The van der Waals surface area contributed by atoms with E-state index in [0.717, 1.165) is 50.4 Å². The van der Waals surface area contributed by atoms with E-state index >= 15 is 0 Å². The summed E-state index contributed by atoms with van der Waals surface area (Å²) in [6.45, 7) is 10.5. The molecular weight excluding hydrogens is 977 g/mol. The Bertz CT molecular complexity index is 1300. The lowest BCUT2D eigenvalue weighted by molar-refractivity contribution is -0.144. The highest BCUT2D eigenvalue weighted by Crippen LogP contribution is 2.43. The molecule has 1 aliphatic carbocycles. The number of unbranched alkanes of at least 4 members (excludes halogenated alkanes) is 49. The molecule has 80 heavy (non-hydrogen) atoms. The van der Waals surface area contributed by atoms with E-state index in [2.05, 4.69) is 52.0 Å². The molecule has 0 aromatic rings. The van der Waals surface area contributed by atoms with Crippen molar-refractivity contribution in [2.45, 2.75) is 413 Å². The van der Waals surface area contributed by atoms with E-state index in [0.29, 0.717) is 37.9 Å². The Kier molecular flexibility index (Phi) is 60.6. The van der Waals surface area contributed by atoms with E-state index in [4.69, 9.17) is 9.47 Å². The van der Waals surface area contributed by atoms with Gasteiger partial charge in [0.05, 0.1) is 13.2 Å². The van der Waals surface area contributed by atoms with Gasteiger partial charge in [-0.3, -0.25) is 9.59 Å². The van der Waals surface area contributed by atoms with Gasteiger partial charge in [-0.2, -0.15) is 0 Å². The average molecular weight is 1120 g/mol. The molecule has 4 heteroatoms. The molecule has 0 aliphatic heterocycles. The molecular formula is C76H144O4. The third-order valence-electron chi connectivity index (χ3n) is 18.5. The van der Waals surface area contributed by atoms with Crippen LogP contribution in [-0.4, -0.2) is 25.2 Å². The summed E-state index contributed by atoms with van der Waals surface area (Å²) < 4.78 is 11.2. The van der Waals surface area contributed by atoms with E-state index in [-0.39, 0.29) is 11.9 Å². The fraction of sp³-hybridized carbons (Fsp3) is 0.921. The number of carbonyl (C=O) groups is 2. The Labute approximate surface area is 502 Å². The number of hydrogen-bond acceptors (Lipinski definition) is 4. The van der Waals surface area contributed by atoms with Gasteiger partial charge in [-0.05, 0) is 81.5 Å². The molecule has 0 aromatic heterocycles. The Morgan fingerprint density at radius 3 is 0.925 bits per heavy atom. The lowest BCUT2D eigenvalue weighted by Gasteiger charge is -2.39. The van der Waals surface area contributed by atoms with Gasteiger partial charge in [-0.15, -0.1) is 0 Å². The summed E-state index contributed by atoms with van der Waals surface area (Å²) in [5, 5.41) is 0. The van der Waals surface area contributed by atoms with Gasteiger partial charge in [0, 0.05) is 12.8 Å². The molecule has 472 valence electrons. The van der Waals surface area contributed by atoms with Crippen LogP contribution in [0.4, 0.5) is 0 Å². The van der Waals surface area contributed by atoms with Crippen molar-refractivity contribution in [1.29, 1.82) is 0 Å². The van der Waals surface area contributed by atoms with Gasteiger partial charge >= 0.3 is 11.9 Å². The van der Waals surface area contributed by atoms with Crippen LogP contribution < -0.4 is 0 Å². The standard InChI is InChI=1S/C76H144O4/c1-5-9-13-17-19-21-23-25-27-29-31-33-35-37-39-44-51-59-69-79-75(77)65-57-49-43-41-42-48-56-64-74-72(68-67-71(61-53-15-11-7-3)73(74)63-55-16-12-8-4)62-54-47-46-50-58-66-76(78)80-70-60-52-45-40-38-36-34-32-30-28-26-24-22-20-18-14-10-6-2/h56,64,67-68,71-74H,5-55,57-63,65-66,69-70H2,1-4H3. The fourth-order valence-corrected chi connectivity index (χ4v) is 13.1. The molecule has 4 nitrogen and oxygen atoms in total. The Hall–Kier alpha value is -1.58. The number of esters is 2. The van der Waals surface area contributed by atoms with Crippen molar-refractivity contribution in [3.8, 4) is 0 Å². The maximum atomic E-state index is 12.5. The minimum atomic E-state index is 0.0157. The van der Waals surface area contributed by atoms with E-state index in [1.807, 2.05) is 0 Å². The topological polar surface area (TPSA) is 52.6 Å². The van der Waals surface area contributed by atoms with Crippen LogP contribution in [-0.2, 0) is 19.1 Å². The van der Waals surface area contributed by atoms with Crippen LogP contribution in [0, 0.1) is 23.7 Å². The smallest absolute Gasteiger partial charge is 0.305 e. The van der Waals surface area contributed by atoms with Crippen LogP contribution in [0.15, 0.2) is 24.3 Å². The zero-order chi connectivity index (χ0) is 57.5. The SMILES string of the molecule is CCCCCCCCCCCCCCCCCCCCOC(=O)CCCCCCCC=CC1C(CCCCCCCC(=O)OCCCCCCCCCCCCCCCCCCCC)C=CC(CCCCCC)C1CCCCCC. The van der Waals surface area contributed by atoms with E-state index in [1.54, 1.807) is 0 Å². The first-order valence-electron chi connectivity index (χ1n) is 37.2. The van der Waals surface area contributed by atoms with Gasteiger partial charge in [-0.1, -0.05) is 367 Å². The highest BCUT2D eigenvalue weighted by molar-refractivity contribution is 5.69. The summed E-state index contributed by atoms with van der Waals surface area (Å²) in [5.41, 5.74) is 0. The third-order valence-corrected chi connectivity index (χ3v) is 18.5. The highest BCUT2D eigenvalue weighted by Gasteiger charge is 2.33. The largest absolute Gasteiger partial charge is 0.466 e. The first kappa shape index (κ1) is 76.4. The number of ether oxygens (including phenoxy) is 2. The lowest BCUT2D eigenvalue weighted by Crippen LogP contribution is -2.30. The first-order valence-corrected chi connectivity index (χ1v) is 37.2. The Balaban J connectivity index is 2.25. The second-order valence-corrected chi connectivity index (χ2v) is 26.2. The van der Waals surface area contributed by atoms with Crippen molar-refractivity contribution in [3.63, 3.8) is 0 Å². The number of hydrogen-bond donors (Lipinski definition) is 0. The second-order valence-electron chi connectivity index (χ2n) is 26.2. The van der Waals surface area contributed by atoms with Gasteiger partial charge in [0.1, 0.15) is 0 Å². The molecule has 0 fully saturated rings. The Morgan fingerprint density at radius 1 is 0.300 bits per heavy atom. The molecule has 0 aromatic carbocycles. The maximum Gasteiger partial charge on any atom is 0.305 e. The van der Waals surface area contributed by atoms with Crippen molar-refractivity contribution < 1.29 is 19.1 Å². The molecule has 0 saturated heterocycles.